The van der Waals surface area contributed by atoms with Crippen LogP contribution in [0.3, 0.4) is 0 Å². The number of carbonyl (C=O) groups excluding carboxylic acids is 2. The van der Waals surface area contributed by atoms with Crippen LogP contribution in [-0.4, -0.2) is 35.8 Å². The van der Waals surface area contributed by atoms with Gasteiger partial charge < -0.3 is 10.2 Å². The lowest BCUT2D eigenvalue weighted by Crippen LogP contribution is -2.43. The Morgan fingerprint density at radius 3 is 2.35 bits per heavy atom. The molecule has 1 heterocycles. The number of carbonyl (C=O) groups is 2. The zero-order chi connectivity index (χ0) is 16.6. The van der Waals surface area contributed by atoms with E-state index in [2.05, 4.69) is 5.32 Å². The molecule has 0 aromatic heterocycles. The Labute approximate surface area is 143 Å². The Kier molecular flexibility index (Phi) is 4.78. The molecule has 0 atom stereocenters. The number of nitrogens with one attached hydrogen (secondary N) is 1. The van der Waals surface area contributed by atoms with Gasteiger partial charge in [-0.2, -0.15) is 0 Å². The minimum atomic E-state index is -0.668. The maximum Gasteiger partial charge on any atom is 0.255 e. The van der Waals surface area contributed by atoms with Crippen molar-refractivity contribution in [2.45, 2.75) is 31.7 Å². The lowest BCUT2D eigenvalue weighted by Gasteiger charge is -2.31. The highest BCUT2D eigenvalue weighted by Gasteiger charge is 2.31. The topological polar surface area (TPSA) is 49.4 Å². The van der Waals surface area contributed by atoms with Crippen LogP contribution in [0.15, 0.2) is 12.1 Å². The summed E-state index contributed by atoms with van der Waals surface area (Å²) in [4.78, 5) is 26.1. The van der Waals surface area contributed by atoms with Gasteiger partial charge in [-0.15, -0.1) is 0 Å². The van der Waals surface area contributed by atoms with Crippen molar-refractivity contribution >= 4 is 35.0 Å². The van der Waals surface area contributed by atoms with Crippen molar-refractivity contribution in [1.82, 2.24) is 10.2 Å². The third-order valence-corrected chi connectivity index (χ3v) is 4.92. The molecule has 3 rings (SSSR count). The van der Waals surface area contributed by atoms with Crippen LogP contribution in [0.5, 0.6) is 0 Å². The summed E-state index contributed by atoms with van der Waals surface area (Å²) in [6.07, 6.45) is 3.34. The largest absolute Gasteiger partial charge is 0.353 e. The average molecular weight is 359 g/mol. The minimum Gasteiger partial charge on any atom is -0.353 e. The standard InChI is InChI=1S/C16H17Cl2FN2O2/c17-12-8-13(18)14(19)7-11(12)16(23)21-5-3-9(4-6-21)15(22)20-10-1-2-10/h7-10H,1-6H2,(H,20,22). The van der Waals surface area contributed by atoms with E-state index in [0.717, 1.165) is 18.9 Å². The van der Waals surface area contributed by atoms with E-state index in [4.69, 9.17) is 23.2 Å². The molecule has 1 aliphatic heterocycles. The van der Waals surface area contributed by atoms with Crippen LogP contribution in [0.4, 0.5) is 4.39 Å². The van der Waals surface area contributed by atoms with Crippen LogP contribution in [0.25, 0.3) is 0 Å². The number of likely N-dealkylation sites (tertiary alicyclic amines) is 1. The monoisotopic (exact) mass is 358 g/mol. The molecule has 4 nitrogen and oxygen atoms in total. The molecule has 2 aliphatic rings. The van der Waals surface area contributed by atoms with Gasteiger partial charge in [0.25, 0.3) is 5.91 Å². The molecule has 1 N–H and O–H groups in total. The van der Waals surface area contributed by atoms with Crippen molar-refractivity contribution in [2.24, 2.45) is 5.92 Å². The predicted molar refractivity (Wildman–Crippen MR) is 86.2 cm³/mol. The van der Waals surface area contributed by atoms with Crippen molar-refractivity contribution in [2.75, 3.05) is 13.1 Å². The molecule has 0 bridgehead atoms. The number of amides is 2. The Bertz CT molecular complexity index is 641. The summed E-state index contributed by atoms with van der Waals surface area (Å²) in [6.45, 7) is 0.921. The smallest absolute Gasteiger partial charge is 0.255 e. The first-order valence-electron chi connectivity index (χ1n) is 7.70. The van der Waals surface area contributed by atoms with E-state index in [1.165, 1.54) is 6.07 Å². The van der Waals surface area contributed by atoms with E-state index in [1.807, 2.05) is 0 Å². The summed E-state index contributed by atoms with van der Waals surface area (Å²) < 4.78 is 13.6. The second-order valence-electron chi connectivity index (χ2n) is 6.10. The third-order valence-electron chi connectivity index (χ3n) is 4.32. The number of benzene rings is 1. The second kappa shape index (κ2) is 6.65. The number of piperidine rings is 1. The maximum absolute atomic E-state index is 13.6. The van der Waals surface area contributed by atoms with Gasteiger partial charge in [-0.25, -0.2) is 4.39 Å². The van der Waals surface area contributed by atoms with Crippen LogP contribution in [0.2, 0.25) is 10.0 Å². The molecular weight excluding hydrogens is 342 g/mol. The molecular formula is C16H17Cl2FN2O2. The fourth-order valence-corrected chi connectivity index (χ4v) is 3.21. The fraction of sp³-hybridized carbons (Fsp3) is 0.500. The summed E-state index contributed by atoms with van der Waals surface area (Å²) in [5, 5.41) is 3.02. The van der Waals surface area contributed by atoms with Crippen LogP contribution < -0.4 is 5.32 Å². The van der Waals surface area contributed by atoms with Crippen molar-refractivity contribution < 1.29 is 14.0 Å². The molecule has 0 radical (unpaired) electrons. The quantitative estimate of drug-likeness (QED) is 0.843. The van der Waals surface area contributed by atoms with E-state index in [9.17, 15) is 14.0 Å². The molecule has 7 heteroatoms. The summed E-state index contributed by atoms with van der Waals surface area (Å²) in [5.74, 6) is -0.975. The van der Waals surface area contributed by atoms with Crippen LogP contribution in [0.1, 0.15) is 36.0 Å². The molecule has 1 aliphatic carbocycles. The molecule has 0 unspecified atom stereocenters. The van der Waals surface area contributed by atoms with Gasteiger partial charge >= 0.3 is 0 Å². The molecule has 124 valence electrons. The predicted octanol–water partition coefficient (Wildman–Crippen LogP) is 3.26. The number of nitrogens with zero attached hydrogens (tertiary/aromatic N) is 1. The minimum absolute atomic E-state index is 0.0583. The van der Waals surface area contributed by atoms with E-state index >= 15 is 0 Å². The van der Waals surface area contributed by atoms with Crippen LogP contribution in [-0.2, 0) is 4.79 Å². The number of hydrogen-bond acceptors (Lipinski definition) is 2. The van der Waals surface area contributed by atoms with Crippen LogP contribution >= 0.6 is 23.2 Å². The van der Waals surface area contributed by atoms with Crippen molar-refractivity contribution in [3.05, 3.63) is 33.6 Å². The van der Waals surface area contributed by atoms with E-state index in [0.29, 0.717) is 32.0 Å². The molecule has 1 saturated heterocycles. The highest BCUT2D eigenvalue weighted by atomic mass is 35.5. The lowest BCUT2D eigenvalue weighted by molar-refractivity contribution is -0.126. The lowest BCUT2D eigenvalue weighted by atomic mass is 9.95. The zero-order valence-corrected chi connectivity index (χ0v) is 14.0. The Hall–Kier alpha value is -1.33. The van der Waals surface area contributed by atoms with E-state index in [-0.39, 0.29) is 33.3 Å². The summed E-state index contributed by atoms with van der Waals surface area (Å²) in [6, 6.07) is 2.65. The van der Waals surface area contributed by atoms with Gasteiger partial charge in [0.1, 0.15) is 5.82 Å². The van der Waals surface area contributed by atoms with Gasteiger partial charge in [-0.05, 0) is 37.8 Å². The first-order chi connectivity index (χ1) is 11.0. The molecule has 1 aromatic rings. The van der Waals surface area contributed by atoms with E-state index < -0.39 is 5.82 Å². The number of hydrogen-bond donors (Lipinski definition) is 1. The maximum atomic E-state index is 13.6. The molecule has 23 heavy (non-hydrogen) atoms. The molecule has 1 aromatic carbocycles. The van der Waals surface area contributed by atoms with Crippen molar-refractivity contribution in [3.63, 3.8) is 0 Å². The molecule has 1 saturated carbocycles. The highest BCUT2D eigenvalue weighted by Crippen LogP contribution is 2.27. The highest BCUT2D eigenvalue weighted by molar-refractivity contribution is 6.36. The normalized spacial score (nSPS) is 18.8. The van der Waals surface area contributed by atoms with Gasteiger partial charge in [0.05, 0.1) is 15.6 Å². The SMILES string of the molecule is O=C(NC1CC1)C1CCN(C(=O)c2cc(F)c(Cl)cc2Cl)CC1. The van der Waals surface area contributed by atoms with Gasteiger partial charge in [-0.3, -0.25) is 9.59 Å². The van der Waals surface area contributed by atoms with Crippen molar-refractivity contribution in [1.29, 1.82) is 0 Å². The first-order valence-corrected chi connectivity index (χ1v) is 8.45. The Balaban J connectivity index is 1.61. The summed E-state index contributed by atoms with van der Waals surface area (Å²) in [7, 11) is 0. The Morgan fingerprint density at radius 1 is 1.09 bits per heavy atom. The summed E-state index contributed by atoms with van der Waals surface area (Å²) >= 11 is 11.6. The Morgan fingerprint density at radius 2 is 1.74 bits per heavy atom. The molecule has 2 amide bonds. The van der Waals surface area contributed by atoms with Crippen LogP contribution in [0, 0.1) is 11.7 Å². The number of halogens is 3. The van der Waals surface area contributed by atoms with Gasteiger partial charge in [-0.1, -0.05) is 23.2 Å². The van der Waals surface area contributed by atoms with Gasteiger partial charge in [0, 0.05) is 25.0 Å². The zero-order valence-electron chi connectivity index (χ0n) is 12.4. The average Bonchev–Trinajstić information content (AvgIpc) is 3.34. The molecule has 0 spiro atoms. The van der Waals surface area contributed by atoms with E-state index in [1.54, 1.807) is 4.90 Å². The summed E-state index contributed by atoms with van der Waals surface area (Å²) in [5.41, 5.74) is 0.106. The second-order valence-corrected chi connectivity index (χ2v) is 6.91. The third kappa shape index (κ3) is 3.78. The number of rotatable bonds is 3. The first kappa shape index (κ1) is 16.5. The fourth-order valence-electron chi connectivity index (χ4n) is 2.75. The molecule has 2 fully saturated rings. The van der Waals surface area contributed by atoms with Crippen molar-refractivity contribution in [3.8, 4) is 0 Å². The van der Waals surface area contributed by atoms with Gasteiger partial charge in [0.15, 0.2) is 0 Å². The van der Waals surface area contributed by atoms with Gasteiger partial charge in [0.2, 0.25) is 5.91 Å².